The number of fused-ring (bicyclic) bond motifs is 1. The molecule has 9 nitrogen and oxygen atoms in total. The van der Waals surface area contributed by atoms with Gasteiger partial charge in [0.15, 0.2) is 0 Å². The second kappa shape index (κ2) is 11.8. The number of likely N-dealkylation sites (tertiary alicyclic amines) is 1. The van der Waals surface area contributed by atoms with E-state index in [-0.39, 0.29) is 30.4 Å². The number of hydrogen-bond donors (Lipinski definition) is 2. The number of nitrogens with zero attached hydrogens (tertiary/aromatic N) is 3. The minimum absolute atomic E-state index is 0. The Hall–Kier alpha value is -3.46. The van der Waals surface area contributed by atoms with Crippen molar-refractivity contribution < 1.29 is 19.1 Å². The van der Waals surface area contributed by atoms with Crippen LogP contribution in [0.3, 0.4) is 0 Å². The summed E-state index contributed by atoms with van der Waals surface area (Å²) in [6, 6.07) is 11.5. The van der Waals surface area contributed by atoms with Gasteiger partial charge in [-0.1, -0.05) is 6.07 Å². The van der Waals surface area contributed by atoms with E-state index in [0.29, 0.717) is 50.0 Å². The fourth-order valence-corrected chi connectivity index (χ4v) is 4.28. The van der Waals surface area contributed by atoms with Gasteiger partial charge >= 0.3 is 6.09 Å². The Morgan fingerprint density at radius 3 is 2.66 bits per heavy atom. The summed E-state index contributed by atoms with van der Waals surface area (Å²) in [6.45, 7) is 8.57. The molecule has 1 unspecified atom stereocenters. The van der Waals surface area contributed by atoms with Crippen molar-refractivity contribution in [1.29, 1.82) is 0 Å². The van der Waals surface area contributed by atoms with Crippen molar-refractivity contribution in [1.82, 2.24) is 14.5 Å². The van der Waals surface area contributed by atoms with Gasteiger partial charge in [0.05, 0.1) is 30.6 Å². The highest BCUT2D eigenvalue weighted by molar-refractivity contribution is 6.07. The zero-order chi connectivity index (χ0) is 24.1. The molecule has 2 N–H and O–H groups in total. The molecule has 4 rings (SSSR count). The number of carbonyl (C=O) groups is 2. The summed E-state index contributed by atoms with van der Waals surface area (Å²) >= 11 is 0. The van der Waals surface area contributed by atoms with Gasteiger partial charge < -0.3 is 29.6 Å². The second-order valence-electron chi connectivity index (χ2n) is 8.06. The quantitative estimate of drug-likeness (QED) is 0.461. The standard InChI is InChI=1S/C25H31N5O4.ClH/c1-4-30-20-8-7-9-22(33-5-2)19(20)14-21(30)24(31)28-17-10-11-23(26-15-17)27-18-12-13-29(16-18)25(32)34-6-3;/h7-11,14-15,18H,4-6,12-13,16H2,1-3H3,(H,26,27)(H,28,31);1H. The van der Waals surface area contributed by atoms with Crippen LogP contribution in [0.15, 0.2) is 42.6 Å². The number of benzene rings is 1. The van der Waals surface area contributed by atoms with Gasteiger partial charge in [-0.2, -0.15) is 0 Å². The summed E-state index contributed by atoms with van der Waals surface area (Å²) in [5.41, 5.74) is 2.13. The van der Waals surface area contributed by atoms with Gasteiger partial charge in [-0.3, -0.25) is 4.79 Å². The van der Waals surface area contributed by atoms with E-state index in [2.05, 4.69) is 15.6 Å². The predicted molar refractivity (Wildman–Crippen MR) is 139 cm³/mol. The van der Waals surface area contributed by atoms with E-state index in [1.54, 1.807) is 18.0 Å². The predicted octanol–water partition coefficient (Wildman–Crippen LogP) is 4.77. The van der Waals surface area contributed by atoms with E-state index >= 15 is 0 Å². The molecule has 35 heavy (non-hydrogen) atoms. The summed E-state index contributed by atoms with van der Waals surface area (Å²) in [5, 5.41) is 7.20. The van der Waals surface area contributed by atoms with E-state index in [1.165, 1.54) is 0 Å². The zero-order valence-corrected chi connectivity index (χ0v) is 21.1. The number of amides is 2. The molecule has 0 radical (unpaired) electrons. The second-order valence-corrected chi connectivity index (χ2v) is 8.06. The van der Waals surface area contributed by atoms with Gasteiger partial charge in [0.2, 0.25) is 0 Å². The first kappa shape index (κ1) is 26.2. The Balaban J connectivity index is 0.00000342. The van der Waals surface area contributed by atoms with Crippen LogP contribution in [0.1, 0.15) is 37.7 Å². The Kier molecular flexibility index (Phi) is 8.81. The number of pyridine rings is 1. The molecule has 0 spiro atoms. The van der Waals surface area contributed by atoms with Gasteiger partial charge in [-0.25, -0.2) is 9.78 Å². The Morgan fingerprint density at radius 1 is 1.14 bits per heavy atom. The van der Waals surface area contributed by atoms with Crippen LogP contribution in [-0.2, 0) is 11.3 Å². The minimum Gasteiger partial charge on any atom is -0.493 e. The summed E-state index contributed by atoms with van der Waals surface area (Å²) in [5.74, 6) is 1.26. The normalized spacial score (nSPS) is 14.9. The number of anilines is 2. The summed E-state index contributed by atoms with van der Waals surface area (Å²) in [7, 11) is 0. The van der Waals surface area contributed by atoms with E-state index in [4.69, 9.17) is 9.47 Å². The first-order valence-electron chi connectivity index (χ1n) is 11.7. The number of ether oxygens (including phenoxy) is 2. The van der Waals surface area contributed by atoms with Gasteiger partial charge in [0.1, 0.15) is 17.3 Å². The largest absolute Gasteiger partial charge is 0.493 e. The monoisotopic (exact) mass is 501 g/mol. The average Bonchev–Trinajstić information content (AvgIpc) is 3.46. The van der Waals surface area contributed by atoms with Gasteiger partial charge in [0, 0.05) is 31.1 Å². The van der Waals surface area contributed by atoms with Crippen LogP contribution >= 0.6 is 12.4 Å². The van der Waals surface area contributed by atoms with Crippen molar-refractivity contribution in [3.05, 3.63) is 48.3 Å². The molecule has 1 atom stereocenters. The third kappa shape index (κ3) is 5.79. The maximum Gasteiger partial charge on any atom is 0.409 e. The molecule has 0 bridgehead atoms. The highest BCUT2D eigenvalue weighted by Gasteiger charge is 2.27. The molecule has 3 aromatic rings. The summed E-state index contributed by atoms with van der Waals surface area (Å²) in [6.07, 6.45) is 2.17. The SMILES string of the molecule is CCOC(=O)N1CCC(Nc2ccc(NC(=O)c3cc4c(OCC)cccc4n3CC)cn2)C1.Cl. The van der Waals surface area contributed by atoms with Crippen LogP contribution in [0.2, 0.25) is 0 Å². The fourth-order valence-electron chi connectivity index (χ4n) is 4.28. The number of hydrogen-bond acceptors (Lipinski definition) is 6. The minimum atomic E-state index is -0.282. The number of halogens is 1. The molecule has 1 aliphatic rings. The Morgan fingerprint density at radius 2 is 1.97 bits per heavy atom. The van der Waals surface area contributed by atoms with Crippen LogP contribution in [0.5, 0.6) is 5.75 Å². The van der Waals surface area contributed by atoms with E-state index in [9.17, 15) is 9.59 Å². The van der Waals surface area contributed by atoms with Crippen molar-refractivity contribution in [2.24, 2.45) is 0 Å². The molecule has 1 fully saturated rings. The third-order valence-corrected chi connectivity index (χ3v) is 5.84. The molecule has 188 valence electrons. The van der Waals surface area contributed by atoms with Crippen molar-refractivity contribution in [2.75, 3.05) is 36.9 Å². The topological polar surface area (TPSA) is 97.7 Å². The molecule has 0 saturated carbocycles. The number of aromatic nitrogens is 2. The molecule has 2 amide bonds. The molecular weight excluding hydrogens is 470 g/mol. The number of carbonyl (C=O) groups excluding carboxylic acids is 2. The summed E-state index contributed by atoms with van der Waals surface area (Å²) in [4.78, 5) is 31.1. The maximum atomic E-state index is 13.1. The Labute approximate surface area is 211 Å². The lowest BCUT2D eigenvalue weighted by molar-refractivity contribution is 0.101. The van der Waals surface area contributed by atoms with Crippen molar-refractivity contribution in [2.45, 2.75) is 39.8 Å². The first-order chi connectivity index (χ1) is 16.5. The van der Waals surface area contributed by atoms with Crippen molar-refractivity contribution in [3.63, 3.8) is 0 Å². The zero-order valence-electron chi connectivity index (χ0n) is 20.2. The average molecular weight is 502 g/mol. The third-order valence-electron chi connectivity index (χ3n) is 5.84. The maximum absolute atomic E-state index is 13.1. The van der Waals surface area contributed by atoms with E-state index < -0.39 is 0 Å². The van der Waals surface area contributed by atoms with Crippen LogP contribution in [0, 0.1) is 0 Å². The molecule has 3 heterocycles. The highest BCUT2D eigenvalue weighted by atomic mass is 35.5. The number of rotatable bonds is 8. The first-order valence-corrected chi connectivity index (χ1v) is 11.7. The van der Waals surface area contributed by atoms with Gasteiger partial charge in [-0.15, -0.1) is 12.4 Å². The van der Waals surface area contributed by atoms with Crippen LogP contribution in [0.25, 0.3) is 10.9 Å². The fraction of sp³-hybridized carbons (Fsp3) is 0.400. The van der Waals surface area contributed by atoms with Crippen LogP contribution in [-0.4, -0.2) is 58.8 Å². The molecule has 1 aliphatic heterocycles. The van der Waals surface area contributed by atoms with Crippen LogP contribution < -0.4 is 15.4 Å². The molecule has 0 aliphatic carbocycles. The number of aryl methyl sites for hydroxylation is 1. The molecule has 1 saturated heterocycles. The van der Waals surface area contributed by atoms with Crippen molar-refractivity contribution in [3.8, 4) is 5.75 Å². The van der Waals surface area contributed by atoms with Crippen molar-refractivity contribution >= 4 is 46.8 Å². The lowest BCUT2D eigenvalue weighted by Crippen LogP contribution is -2.32. The Bertz CT molecular complexity index is 1160. The molecule has 2 aromatic heterocycles. The smallest absolute Gasteiger partial charge is 0.409 e. The summed E-state index contributed by atoms with van der Waals surface area (Å²) < 4.78 is 12.8. The molecule has 1 aromatic carbocycles. The lowest BCUT2D eigenvalue weighted by atomic mass is 10.2. The van der Waals surface area contributed by atoms with Gasteiger partial charge in [-0.05, 0) is 57.5 Å². The van der Waals surface area contributed by atoms with Crippen LogP contribution in [0.4, 0.5) is 16.3 Å². The molecular formula is C25H32ClN5O4. The number of nitrogens with one attached hydrogen (secondary N) is 2. The van der Waals surface area contributed by atoms with E-state index in [1.807, 2.05) is 54.8 Å². The van der Waals surface area contributed by atoms with E-state index in [0.717, 1.165) is 23.1 Å². The highest BCUT2D eigenvalue weighted by Crippen LogP contribution is 2.29. The lowest BCUT2D eigenvalue weighted by Gasteiger charge is -2.16. The molecule has 10 heteroatoms. The van der Waals surface area contributed by atoms with Gasteiger partial charge in [0.25, 0.3) is 5.91 Å².